The molecule has 1 saturated heterocycles. The molecule has 1 heterocycles. The number of nitrogens with zero attached hydrogens (tertiary/aromatic N) is 1. The molecule has 2 aromatic rings. The van der Waals surface area contributed by atoms with Crippen molar-refractivity contribution in [2.24, 2.45) is 0 Å². The third-order valence-corrected chi connectivity index (χ3v) is 6.63. The molecule has 0 aliphatic carbocycles. The van der Waals surface area contributed by atoms with E-state index in [1.165, 1.54) is 11.2 Å². The van der Waals surface area contributed by atoms with Gasteiger partial charge in [-0.2, -0.15) is 4.31 Å². The maximum absolute atomic E-state index is 13.3. The van der Waals surface area contributed by atoms with Crippen LogP contribution in [0.4, 0.5) is 5.69 Å². The molecule has 0 saturated carbocycles. The molecular formula is C20H26N2O4S. The number of anilines is 1. The number of benzene rings is 2. The highest BCUT2D eigenvalue weighted by molar-refractivity contribution is 7.89. The van der Waals surface area contributed by atoms with Gasteiger partial charge in [0.05, 0.1) is 11.0 Å². The summed E-state index contributed by atoms with van der Waals surface area (Å²) in [5.41, 5.74) is 0.611. The zero-order chi connectivity index (χ0) is 19.4. The van der Waals surface area contributed by atoms with E-state index in [9.17, 15) is 13.2 Å². The Kier molecular flexibility index (Phi) is 6.14. The standard InChI is InChI=1S/C20H26N2O4S/c1-3-13-26-16-7-6-12-22(14-16)27(24,25)20-11-10-19(21-15(2)23)17-8-4-5-9-18(17)20/h4-5,8-11,16H,3,6-7,12-14H2,1-2H3,(H,21,23)/t16-/m0/s1. The first kappa shape index (κ1) is 19.8. The van der Waals surface area contributed by atoms with Crippen LogP contribution in [0.15, 0.2) is 41.3 Å². The zero-order valence-electron chi connectivity index (χ0n) is 15.8. The predicted octanol–water partition coefficient (Wildman–Crippen LogP) is 3.38. The van der Waals surface area contributed by atoms with Crippen LogP contribution in [0, 0.1) is 0 Å². The van der Waals surface area contributed by atoms with Crippen LogP contribution < -0.4 is 5.32 Å². The topological polar surface area (TPSA) is 75.7 Å². The lowest BCUT2D eigenvalue weighted by molar-refractivity contribution is -0.114. The van der Waals surface area contributed by atoms with Crippen LogP contribution in [-0.4, -0.2) is 44.4 Å². The molecule has 146 valence electrons. The summed E-state index contributed by atoms with van der Waals surface area (Å²) in [6.07, 6.45) is 2.53. The Balaban J connectivity index is 1.97. The molecule has 1 N–H and O–H groups in total. The Labute approximate surface area is 160 Å². The van der Waals surface area contributed by atoms with Crippen molar-refractivity contribution in [3.63, 3.8) is 0 Å². The molecule has 7 heteroatoms. The monoisotopic (exact) mass is 390 g/mol. The van der Waals surface area contributed by atoms with E-state index in [4.69, 9.17) is 4.74 Å². The van der Waals surface area contributed by atoms with Gasteiger partial charge in [-0.15, -0.1) is 0 Å². The fraction of sp³-hybridized carbons (Fsp3) is 0.450. The summed E-state index contributed by atoms with van der Waals surface area (Å²) in [4.78, 5) is 11.7. The molecule has 2 aromatic carbocycles. The maximum atomic E-state index is 13.3. The lowest BCUT2D eigenvalue weighted by atomic mass is 10.1. The number of sulfonamides is 1. The summed E-state index contributed by atoms with van der Waals surface area (Å²) in [6, 6.07) is 10.5. The molecule has 0 aromatic heterocycles. The van der Waals surface area contributed by atoms with Crippen molar-refractivity contribution in [2.75, 3.05) is 25.0 Å². The Morgan fingerprint density at radius 3 is 2.67 bits per heavy atom. The van der Waals surface area contributed by atoms with E-state index >= 15 is 0 Å². The van der Waals surface area contributed by atoms with Crippen molar-refractivity contribution in [2.45, 2.75) is 44.1 Å². The largest absolute Gasteiger partial charge is 0.377 e. The Hall–Kier alpha value is -1.96. The van der Waals surface area contributed by atoms with Gasteiger partial charge in [0.2, 0.25) is 15.9 Å². The smallest absolute Gasteiger partial charge is 0.243 e. The Morgan fingerprint density at radius 2 is 1.96 bits per heavy atom. The molecule has 1 amide bonds. The van der Waals surface area contributed by atoms with Gasteiger partial charge in [0.1, 0.15) is 0 Å². The first-order chi connectivity index (χ1) is 12.9. The van der Waals surface area contributed by atoms with Crippen molar-refractivity contribution in [3.05, 3.63) is 36.4 Å². The van der Waals surface area contributed by atoms with Crippen molar-refractivity contribution < 1.29 is 17.9 Å². The van der Waals surface area contributed by atoms with E-state index in [2.05, 4.69) is 5.32 Å². The van der Waals surface area contributed by atoms with E-state index in [-0.39, 0.29) is 16.9 Å². The summed E-state index contributed by atoms with van der Waals surface area (Å²) < 4.78 is 34.0. The molecule has 27 heavy (non-hydrogen) atoms. The van der Waals surface area contributed by atoms with Crippen LogP contribution in [-0.2, 0) is 19.6 Å². The lowest BCUT2D eigenvalue weighted by Crippen LogP contribution is -2.43. The molecule has 0 radical (unpaired) electrons. The Morgan fingerprint density at radius 1 is 1.22 bits per heavy atom. The SMILES string of the molecule is CCCO[C@H]1CCCN(S(=O)(=O)c2ccc(NC(C)=O)c3ccccc23)C1. The highest BCUT2D eigenvalue weighted by Crippen LogP contribution is 2.32. The van der Waals surface area contributed by atoms with Crippen molar-refractivity contribution in [1.82, 2.24) is 4.31 Å². The quantitative estimate of drug-likeness (QED) is 0.820. The van der Waals surface area contributed by atoms with Crippen LogP contribution >= 0.6 is 0 Å². The number of piperidine rings is 1. The van der Waals surface area contributed by atoms with Gasteiger partial charge in [-0.25, -0.2) is 8.42 Å². The molecule has 3 rings (SSSR count). The second kappa shape index (κ2) is 8.37. The van der Waals surface area contributed by atoms with E-state index in [0.717, 1.165) is 19.3 Å². The fourth-order valence-electron chi connectivity index (χ4n) is 3.48. The zero-order valence-corrected chi connectivity index (χ0v) is 16.6. The van der Waals surface area contributed by atoms with Gasteiger partial charge in [0.15, 0.2) is 0 Å². The van der Waals surface area contributed by atoms with Crippen LogP contribution in [0.2, 0.25) is 0 Å². The highest BCUT2D eigenvalue weighted by Gasteiger charge is 2.32. The van der Waals surface area contributed by atoms with Gasteiger partial charge < -0.3 is 10.1 Å². The number of hydrogen-bond donors (Lipinski definition) is 1. The maximum Gasteiger partial charge on any atom is 0.243 e. The molecule has 0 spiro atoms. The van der Waals surface area contributed by atoms with Gasteiger partial charge >= 0.3 is 0 Å². The summed E-state index contributed by atoms with van der Waals surface area (Å²) in [5.74, 6) is -0.192. The second-order valence-corrected chi connectivity index (χ2v) is 8.74. The van der Waals surface area contributed by atoms with Gasteiger partial charge in [0, 0.05) is 43.1 Å². The van der Waals surface area contributed by atoms with Crippen molar-refractivity contribution in [3.8, 4) is 0 Å². The minimum absolute atomic E-state index is 0.0570. The third kappa shape index (κ3) is 4.31. The average molecular weight is 391 g/mol. The first-order valence-electron chi connectivity index (χ1n) is 9.34. The number of rotatable bonds is 6. The molecule has 1 aliphatic heterocycles. The predicted molar refractivity (Wildman–Crippen MR) is 106 cm³/mol. The van der Waals surface area contributed by atoms with Crippen molar-refractivity contribution in [1.29, 1.82) is 0 Å². The average Bonchev–Trinajstić information content (AvgIpc) is 2.66. The molecule has 1 atom stereocenters. The lowest BCUT2D eigenvalue weighted by Gasteiger charge is -2.32. The normalized spacial score (nSPS) is 18.5. The number of carbonyl (C=O) groups excluding carboxylic acids is 1. The molecule has 0 unspecified atom stereocenters. The number of amides is 1. The molecule has 0 bridgehead atoms. The van der Waals surface area contributed by atoms with E-state index in [0.29, 0.717) is 36.2 Å². The van der Waals surface area contributed by atoms with Gasteiger partial charge in [-0.05, 0) is 31.4 Å². The molecule has 1 aliphatic rings. The van der Waals surface area contributed by atoms with Gasteiger partial charge in [0.25, 0.3) is 0 Å². The summed E-state index contributed by atoms with van der Waals surface area (Å²) in [7, 11) is -3.65. The molecule has 1 fully saturated rings. The number of carbonyl (C=O) groups is 1. The molecule has 6 nitrogen and oxygen atoms in total. The Bertz CT molecular complexity index is 927. The molecular weight excluding hydrogens is 364 g/mol. The second-order valence-electron chi connectivity index (χ2n) is 6.84. The van der Waals surface area contributed by atoms with Crippen LogP contribution in [0.5, 0.6) is 0 Å². The minimum Gasteiger partial charge on any atom is -0.377 e. The van der Waals surface area contributed by atoms with E-state index in [1.807, 2.05) is 25.1 Å². The van der Waals surface area contributed by atoms with Crippen molar-refractivity contribution >= 4 is 32.4 Å². The number of nitrogens with one attached hydrogen (secondary N) is 1. The number of fused-ring (bicyclic) bond motifs is 1. The van der Waals surface area contributed by atoms with Gasteiger partial charge in [-0.1, -0.05) is 31.2 Å². The van der Waals surface area contributed by atoms with Gasteiger partial charge in [-0.3, -0.25) is 4.79 Å². The minimum atomic E-state index is -3.65. The number of ether oxygens (including phenoxy) is 1. The van der Waals surface area contributed by atoms with Crippen LogP contribution in [0.3, 0.4) is 0 Å². The highest BCUT2D eigenvalue weighted by atomic mass is 32.2. The van der Waals surface area contributed by atoms with E-state index < -0.39 is 10.0 Å². The van der Waals surface area contributed by atoms with Crippen LogP contribution in [0.25, 0.3) is 10.8 Å². The summed E-state index contributed by atoms with van der Waals surface area (Å²) in [6.45, 7) is 5.00. The van der Waals surface area contributed by atoms with Crippen LogP contribution in [0.1, 0.15) is 33.1 Å². The first-order valence-corrected chi connectivity index (χ1v) is 10.8. The number of hydrogen-bond acceptors (Lipinski definition) is 4. The van der Waals surface area contributed by atoms with E-state index in [1.54, 1.807) is 18.2 Å². The summed E-state index contributed by atoms with van der Waals surface area (Å²) in [5, 5.41) is 4.09. The third-order valence-electron chi connectivity index (χ3n) is 4.71. The fourth-order valence-corrected chi connectivity index (χ4v) is 5.18. The summed E-state index contributed by atoms with van der Waals surface area (Å²) >= 11 is 0.